The van der Waals surface area contributed by atoms with Crippen molar-refractivity contribution in [3.05, 3.63) is 47.8 Å². The molecule has 1 aromatic heterocycles. The number of carboxylic acid groups (broad SMARTS) is 1. The summed E-state index contributed by atoms with van der Waals surface area (Å²) in [5.74, 6) is -0.668. The van der Waals surface area contributed by atoms with Crippen molar-refractivity contribution in [2.24, 2.45) is 7.05 Å². The molecule has 0 unspecified atom stereocenters. The highest BCUT2D eigenvalue weighted by Gasteiger charge is 2.27. The summed E-state index contributed by atoms with van der Waals surface area (Å²) >= 11 is 0. The van der Waals surface area contributed by atoms with E-state index in [4.69, 9.17) is 4.74 Å². The molecule has 0 saturated heterocycles. The number of hydrogen-bond donors (Lipinski definition) is 1. The van der Waals surface area contributed by atoms with Crippen LogP contribution in [-0.4, -0.2) is 32.3 Å². The van der Waals surface area contributed by atoms with Gasteiger partial charge in [0.25, 0.3) is 0 Å². The largest absolute Gasteiger partial charge is 0.478 e. The van der Waals surface area contributed by atoms with Crippen LogP contribution >= 0.6 is 0 Å². The van der Waals surface area contributed by atoms with E-state index in [1.165, 1.54) is 11.0 Å². The van der Waals surface area contributed by atoms with Crippen LogP contribution < -0.4 is 4.90 Å². The SMILES string of the molecule is Cn1ccnc1N(Cc1ccccc1C(=O)O)C(=O)OC(C)(C)C. The molecule has 0 aliphatic carbocycles. The molecule has 1 N–H and O–H groups in total. The minimum Gasteiger partial charge on any atom is -0.478 e. The summed E-state index contributed by atoms with van der Waals surface area (Å²) in [6.45, 7) is 5.36. The molecule has 7 heteroatoms. The van der Waals surface area contributed by atoms with Crippen LogP contribution in [0.3, 0.4) is 0 Å². The minimum absolute atomic E-state index is 0.0439. The second-order valence-electron chi connectivity index (χ2n) is 6.37. The maximum absolute atomic E-state index is 12.6. The molecule has 0 radical (unpaired) electrons. The number of carbonyl (C=O) groups is 2. The van der Waals surface area contributed by atoms with Gasteiger partial charge >= 0.3 is 12.1 Å². The lowest BCUT2D eigenvalue weighted by Gasteiger charge is -2.27. The molecule has 2 aromatic rings. The normalized spacial score (nSPS) is 11.2. The van der Waals surface area contributed by atoms with E-state index in [-0.39, 0.29) is 12.1 Å². The number of imidazole rings is 1. The topological polar surface area (TPSA) is 84.7 Å². The number of aromatic nitrogens is 2. The Morgan fingerprint density at radius 2 is 1.96 bits per heavy atom. The van der Waals surface area contributed by atoms with Crippen LogP contribution in [0.1, 0.15) is 36.7 Å². The lowest BCUT2D eigenvalue weighted by atomic mass is 10.1. The van der Waals surface area contributed by atoms with Crippen molar-refractivity contribution in [3.63, 3.8) is 0 Å². The maximum atomic E-state index is 12.6. The molecular weight excluding hydrogens is 310 g/mol. The minimum atomic E-state index is -1.05. The van der Waals surface area contributed by atoms with Crippen molar-refractivity contribution in [1.29, 1.82) is 0 Å². The Balaban J connectivity index is 2.39. The van der Waals surface area contributed by atoms with E-state index in [0.717, 1.165) is 0 Å². The number of benzene rings is 1. The number of aromatic carboxylic acids is 1. The van der Waals surface area contributed by atoms with E-state index in [1.807, 2.05) is 0 Å². The smallest absolute Gasteiger partial charge is 0.417 e. The van der Waals surface area contributed by atoms with Crippen molar-refractivity contribution < 1.29 is 19.4 Å². The molecule has 0 bridgehead atoms. The highest BCUT2D eigenvalue weighted by atomic mass is 16.6. The number of carboxylic acids is 1. The average Bonchev–Trinajstić information content (AvgIpc) is 2.89. The first-order valence-electron chi connectivity index (χ1n) is 7.48. The van der Waals surface area contributed by atoms with Gasteiger partial charge in [0.05, 0.1) is 12.1 Å². The fourth-order valence-electron chi connectivity index (χ4n) is 2.19. The molecule has 1 aromatic carbocycles. The van der Waals surface area contributed by atoms with Crippen LogP contribution in [0.25, 0.3) is 0 Å². The number of aryl methyl sites for hydroxylation is 1. The molecule has 0 aliphatic rings. The van der Waals surface area contributed by atoms with Gasteiger partial charge in [0.2, 0.25) is 5.95 Å². The number of carbonyl (C=O) groups excluding carboxylic acids is 1. The number of anilines is 1. The fourth-order valence-corrected chi connectivity index (χ4v) is 2.19. The van der Waals surface area contributed by atoms with Crippen molar-refractivity contribution in [2.75, 3.05) is 4.90 Å². The van der Waals surface area contributed by atoms with Gasteiger partial charge in [-0.3, -0.25) is 0 Å². The third kappa shape index (κ3) is 4.13. The quantitative estimate of drug-likeness (QED) is 0.930. The molecule has 128 valence electrons. The summed E-state index contributed by atoms with van der Waals surface area (Å²) in [5.41, 5.74) is -0.0357. The van der Waals surface area contributed by atoms with Crippen molar-refractivity contribution in [3.8, 4) is 0 Å². The second-order valence-corrected chi connectivity index (χ2v) is 6.37. The van der Waals surface area contributed by atoms with E-state index in [2.05, 4.69) is 4.98 Å². The molecule has 0 aliphatic heterocycles. The summed E-state index contributed by atoms with van der Waals surface area (Å²) < 4.78 is 7.11. The van der Waals surface area contributed by atoms with Gasteiger partial charge < -0.3 is 14.4 Å². The van der Waals surface area contributed by atoms with Crippen molar-refractivity contribution >= 4 is 18.0 Å². The standard InChI is InChI=1S/C17H21N3O4/c1-17(2,3)24-16(23)20(15-18-9-10-19(15)4)11-12-7-5-6-8-13(12)14(21)22/h5-10H,11H2,1-4H3,(H,21,22). The molecule has 0 spiro atoms. The van der Waals surface area contributed by atoms with Crippen LogP contribution in [0.2, 0.25) is 0 Å². The number of hydrogen-bond acceptors (Lipinski definition) is 4. The number of amides is 1. The molecule has 7 nitrogen and oxygen atoms in total. The number of nitrogens with zero attached hydrogens (tertiary/aromatic N) is 3. The van der Waals surface area contributed by atoms with Gasteiger partial charge in [-0.05, 0) is 32.4 Å². The second kappa shape index (κ2) is 6.74. The number of ether oxygens (including phenoxy) is 1. The zero-order valence-electron chi connectivity index (χ0n) is 14.2. The average molecular weight is 331 g/mol. The molecule has 1 amide bonds. The first-order chi connectivity index (χ1) is 11.2. The van der Waals surface area contributed by atoms with Crippen LogP contribution in [0.15, 0.2) is 36.7 Å². The number of rotatable bonds is 4. The summed E-state index contributed by atoms with van der Waals surface area (Å²) in [5, 5.41) is 9.33. The van der Waals surface area contributed by atoms with Crippen LogP contribution in [-0.2, 0) is 18.3 Å². The molecular formula is C17H21N3O4. The molecule has 0 fully saturated rings. The van der Waals surface area contributed by atoms with Crippen molar-refractivity contribution in [1.82, 2.24) is 9.55 Å². The first-order valence-corrected chi connectivity index (χ1v) is 7.48. The Labute approximate surface area is 140 Å². The van der Waals surface area contributed by atoms with E-state index in [0.29, 0.717) is 11.5 Å². The summed E-state index contributed by atoms with van der Waals surface area (Å²) in [6, 6.07) is 6.55. The third-order valence-electron chi connectivity index (χ3n) is 3.23. The molecule has 0 atom stereocenters. The van der Waals surface area contributed by atoms with Gasteiger partial charge in [-0.15, -0.1) is 0 Å². The van der Waals surface area contributed by atoms with Crippen molar-refractivity contribution in [2.45, 2.75) is 32.9 Å². The van der Waals surface area contributed by atoms with E-state index in [9.17, 15) is 14.7 Å². The van der Waals surface area contributed by atoms with Gasteiger partial charge in [-0.2, -0.15) is 0 Å². The predicted molar refractivity (Wildman–Crippen MR) is 89.0 cm³/mol. The van der Waals surface area contributed by atoms with Gasteiger partial charge in [0, 0.05) is 19.4 Å². The van der Waals surface area contributed by atoms with Crippen LogP contribution in [0.5, 0.6) is 0 Å². The lowest BCUT2D eigenvalue weighted by Crippen LogP contribution is -2.38. The van der Waals surface area contributed by atoms with Gasteiger partial charge in [0.15, 0.2) is 0 Å². The lowest BCUT2D eigenvalue weighted by molar-refractivity contribution is 0.0571. The predicted octanol–water partition coefficient (Wildman–Crippen LogP) is 3.06. The molecule has 2 rings (SSSR count). The van der Waals surface area contributed by atoms with Gasteiger partial charge in [0.1, 0.15) is 5.60 Å². The summed E-state index contributed by atoms with van der Waals surface area (Å²) in [6.07, 6.45) is 2.68. The monoisotopic (exact) mass is 331 g/mol. The van der Waals surface area contributed by atoms with E-state index < -0.39 is 17.7 Å². The Bertz CT molecular complexity index is 746. The highest BCUT2D eigenvalue weighted by Crippen LogP contribution is 2.20. The van der Waals surface area contributed by atoms with Gasteiger partial charge in [-0.1, -0.05) is 18.2 Å². The zero-order valence-corrected chi connectivity index (χ0v) is 14.2. The van der Waals surface area contributed by atoms with Gasteiger partial charge in [-0.25, -0.2) is 19.5 Å². The molecule has 24 heavy (non-hydrogen) atoms. The zero-order chi connectivity index (χ0) is 17.9. The summed E-state index contributed by atoms with van der Waals surface area (Å²) in [7, 11) is 1.75. The van der Waals surface area contributed by atoms with E-state index in [1.54, 1.807) is 63.0 Å². The Morgan fingerprint density at radius 1 is 1.29 bits per heavy atom. The first kappa shape index (κ1) is 17.5. The molecule has 1 heterocycles. The molecule has 0 saturated carbocycles. The van der Waals surface area contributed by atoms with E-state index >= 15 is 0 Å². The highest BCUT2D eigenvalue weighted by molar-refractivity contribution is 5.91. The fraction of sp³-hybridized carbons (Fsp3) is 0.353. The van der Waals surface area contributed by atoms with Crippen LogP contribution in [0, 0.1) is 0 Å². The van der Waals surface area contributed by atoms with Crippen LogP contribution in [0.4, 0.5) is 10.7 Å². The Kier molecular flexibility index (Phi) is 4.92. The summed E-state index contributed by atoms with van der Waals surface area (Å²) in [4.78, 5) is 29.5. The Hall–Kier alpha value is -2.83. The Morgan fingerprint density at radius 3 is 2.50 bits per heavy atom. The maximum Gasteiger partial charge on any atom is 0.417 e. The third-order valence-corrected chi connectivity index (χ3v) is 3.23.